The first-order valence-electron chi connectivity index (χ1n) is 8.91. The maximum absolute atomic E-state index is 13.0. The highest BCUT2D eigenvalue weighted by Gasteiger charge is 2.38. The third-order valence-corrected chi connectivity index (χ3v) is 5.99. The van der Waals surface area contributed by atoms with Crippen molar-refractivity contribution in [3.8, 4) is 0 Å². The molecule has 0 spiro atoms. The molecule has 0 bridgehead atoms. The Hall–Kier alpha value is -1.89. The van der Waals surface area contributed by atoms with Crippen molar-refractivity contribution in [1.29, 1.82) is 0 Å². The summed E-state index contributed by atoms with van der Waals surface area (Å²) in [6, 6.07) is 3.28. The molecule has 0 aliphatic carbocycles. The molecule has 25 heavy (non-hydrogen) atoms. The van der Waals surface area contributed by atoms with Gasteiger partial charge in [-0.2, -0.15) is 0 Å². The zero-order chi connectivity index (χ0) is 17.8. The number of nitrogens with zero attached hydrogens (tertiary/aromatic N) is 2. The summed E-state index contributed by atoms with van der Waals surface area (Å²) in [6.07, 6.45) is 4.21. The van der Waals surface area contributed by atoms with Gasteiger partial charge >= 0.3 is 5.97 Å². The van der Waals surface area contributed by atoms with Crippen LogP contribution in [0.3, 0.4) is 0 Å². The standard InChI is InChI=1S/C18H24N2O4S/c21-16(22)8-7-13-4-1-9-19(12-13)17(23)14-5-2-10-20(14)18(24)15-6-3-11-25-15/h3,6,11,13-14H,1-2,4-5,7-10,12H2,(H,21,22)/t13?,14-/m0/s1. The largest absolute Gasteiger partial charge is 0.481 e. The quantitative estimate of drug-likeness (QED) is 0.870. The molecular formula is C18H24N2O4S. The van der Waals surface area contributed by atoms with Crippen LogP contribution in [0.15, 0.2) is 17.5 Å². The fraction of sp³-hybridized carbons (Fsp3) is 0.611. The van der Waals surface area contributed by atoms with Crippen molar-refractivity contribution in [2.24, 2.45) is 5.92 Å². The highest BCUT2D eigenvalue weighted by molar-refractivity contribution is 7.12. The second-order valence-corrected chi connectivity index (χ2v) is 7.81. The number of rotatable bonds is 5. The van der Waals surface area contributed by atoms with E-state index < -0.39 is 5.97 Å². The summed E-state index contributed by atoms with van der Waals surface area (Å²) in [5.41, 5.74) is 0. The van der Waals surface area contributed by atoms with E-state index >= 15 is 0 Å². The van der Waals surface area contributed by atoms with Gasteiger partial charge in [-0.3, -0.25) is 14.4 Å². The van der Waals surface area contributed by atoms with E-state index in [1.807, 2.05) is 16.3 Å². The molecule has 2 amide bonds. The monoisotopic (exact) mass is 364 g/mol. The minimum absolute atomic E-state index is 0.0300. The van der Waals surface area contributed by atoms with Crippen LogP contribution in [0, 0.1) is 5.92 Å². The van der Waals surface area contributed by atoms with Crippen molar-refractivity contribution in [2.45, 2.75) is 44.6 Å². The molecule has 2 aliphatic rings. The summed E-state index contributed by atoms with van der Waals surface area (Å²) in [5, 5.41) is 10.7. The lowest BCUT2D eigenvalue weighted by Crippen LogP contribution is -2.50. The van der Waals surface area contributed by atoms with E-state index in [2.05, 4.69) is 0 Å². The average molecular weight is 364 g/mol. The second kappa shape index (κ2) is 7.99. The molecule has 2 atom stereocenters. The second-order valence-electron chi connectivity index (χ2n) is 6.86. The van der Waals surface area contributed by atoms with Gasteiger partial charge in [0.05, 0.1) is 4.88 Å². The minimum Gasteiger partial charge on any atom is -0.481 e. The Morgan fingerprint density at radius 1 is 1.20 bits per heavy atom. The summed E-state index contributed by atoms with van der Waals surface area (Å²) >= 11 is 1.41. The van der Waals surface area contributed by atoms with E-state index in [1.165, 1.54) is 11.3 Å². The number of piperidine rings is 1. The fourth-order valence-corrected chi connectivity index (χ4v) is 4.53. The van der Waals surface area contributed by atoms with Crippen LogP contribution in [0.4, 0.5) is 0 Å². The van der Waals surface area contributed by atoms with E-state index in [4.69, 9.17) is 5.11 Å². The molecule has 136 valence electrons. The highest BCUT2D eigenvalue weighted by atomic mass is 32.1. The third kappa shape index (κ3) is 4.21. The predicted molar refractivity (Wildman–Crippen MR) is 94.6 cm³/mol. The molecule has 1 aromatic rings. The lowest BCUT2D eigenvalue weighted by molar-refractivity contribution is -0.138. The average Bonchev–Trinajstić information content (AvgIpc) is 3.30. The van der Waals surface area contributed by atoms with Crippen LogP contribution in [0.1, 0.15) is 48.2 Å². The van der Waals surface area contributed by atoms with Gasteiger partial charge in [0.25, 0.3) is 5.91 Å². The smallest absolute Gasteiger partial charge is 0.303 e. The van der Waals surface area contributed by atoms with E-state index in [-0.39, 0.29) is 30.2 Å². The van der Waals surface area contributed by atoms with Crippen LogP contribution in [0.25, 0.3) is 0 Å². The SMILES string of the molecule is O=C(O)CCC1CCCN(C(=O)[C@@H]2CCCN2C(=O)c2cccs2)C1. The fourth-order valence-electron chi connectivity index (χ4n) is 3.85. The Kier molecular flexibility index (Phi) is 5.73. The molecule has 2 fully saturated rings. The molecule has 0 saturated carbocycles. The lowest BCUT2D eigenvalue weighted by atomic mass is 9.93. The number of thiophene rings is 1. The highest BCUT2D eigenvalue weighted by Crippen LogP contribution is 2.27. The Labute approximate surface area is 151 Å². The van der Waals surface area contributed by atoms with Crippen molar-refractivity contribution in [2.75, 3.05) is 19.6 Å². The maximum Gasteiger partial charge on any atom is 0.303 e. The number of likely N-dealkylation sites (tertiary alicyclic amines) is 2. The van der Waals surface area contributed by atoms with Crippen molar-refractivity contribution < 1.29 is 19.5 Å². The number of carbonyl (C=O) groups is 3. The Bertz CT molecular complexity index is 631. The molecule has 0 aromatic carbocycles. The summed E-state index contributed by atoms with van der Waals surface area (Å²) < 4.78 is 0. The molecule has 3 heterocycles. The van der Waals surface area contributed by atoms with Gasteiger partial charge < -0.3 is 14.9 Å². The lowest BCUT2D eigenvalue weighted by Gasteiger charge is -2.36. The van der Waals surface area contributed by atoms with Crippen LogP contribution in [0.2, 0.25) is 0 Å². The normalized spacial score (nSPS) is 23.7. The first-order valence-corrected chi connectivity index (χ1v) is 9.79. The number of carboxylic acid groups (broad SMARTS) is 1. The van der Waals surface area contributed by atoms with Crippen LogP contribution in [0.5, 0.6) is 0 Å². The van der Waals surface area contributed by atoms with E-state index in [0.717, 1.165) is 19.3 Å². The molecule has 2 aliphatic heterocycles. The van der Waals surface area contributed by atoms with Gasteiger partial charge in [-0.15, -0.1) is 11.3 Å². The van der Waals surface area contributed by atoms with E-state index in [9.17, 15) is 14.4 Å². The van der Waals surface area contributed by atoms with Crippen LogP contribution in [-0.2, 0) is 9.59 Å². The topological polar surface area (TPSA) is 77.9 Å². The van der Waals surface area contributed by atoms with Crippen molar-refractivity contribution in [1.82, 2.24) is 9.80 Å². The van der Waals surface area contributed by atoms with Gasteiger partial charge in [-0.1, -0.05) is 6.07 Å². The summed E-state index contributed by atoms with van der Waals surface area (Å²) in [5.74, 6) is -0.559. The summed E-state index contributed by atoms with van der Waals surface area (Å²) in [4.78, 5) is 40.7. The third-order valence-electron chi connectivity index (χ3n) is 5.13. The van der Waals surface area contributed by atoms with Gasteiger partial charge in [-0.05, 0) is 49.5 Å². The maximum atomic E-state index is 13.0. The van der Waals surface area contributed by atoms with Gasteiger partial charge in [-0.25, -0.2) is 0 Å². The van der Waals surface area contributed by atoms with Gasteiger partial charge in [0.2, 0.25) is 5.91 Å². The summed E-state index contributed by atoms with van der Waals surface area (Å²) in [6.45, 7) is 1.95. The number of carboxylic acids is 1. The number of hydrogen-bond acceptors (Lipinski definition) is 4. The molecular weight excluding hydrogens is 340 g/mol. The Balaban J connectivity index is 1.63. The molecule has 1 N–H and O–H groups in total. The molecule has 7 heteroatoms. The zero-order valence-corrected chi connectivity index (χ0v) is 15.0. The van der Waals surface area contributed by atoms with Crippen molar-refractivity contribution in [3.05, 3.63) is 22.4 Å². The van der Waals surface area contributed by atoms with Gasteiger partial charge in [0.15, 0.2) is 0 Å². The predicted octanol–water partition coefficient (Wildman–Crippen LogP) is 2.46. The first-order chi connectivity index (χ1) is 12.1. The van der Waals surface area contributed by atoms with Crippen LogP contribution >= 0.6 is 11.3 Å². The first kappa shape index (κ1) is 17.9. The van der Waals surface area contributed by atoms with E-state index in [0.29, 0.717) is 37.4 Å². The Morgan fingerprint density at radius 3 is 2.72 bits per heavy atom. The molecule has 6 nitrogen and oxygen atoms in total. The molecule has 1 aromatic heterocycles. The molecule has 0 radical (unpaired) electrons. The van der Waals surface area contributed by atoms with Crippen molar-refractivity contribution >= 4 is 29.1 Å². The number of hydrogen-bond donors (Lipinski definition) is 1. The van der Waals surface area contributed by atoms with Crippen LogP contribution in [-0.4, -0.2) is 58.4 Å². The minimum atomic E-state index is -0.785. The molecule has 1 unspecified atom stereocenters. The number of carbonyl (C=O) groups excluding carboxylic acids is 2. The number of amides is 2. The van der Waals surface area contributed by atoms with Crippen molar-refractivity contribution in [3.63, 3.8) is 0 Å². The van der Waals surface area contributed by atoms with Crippen LogP contribution < -0.4 is 0 Å². The summed E-state index contributed by atoms with van der Waals surface area (Å²) in [7, 11) is 0. The van der Waals surface area contributed by atoms with Gasteiger partial charge in [0, 0.05) is 26.1 Å². The molecule has 2 saturated heterocycles. The Morgan fingerprint density at radius 2 is 2.00 bits per heavy atom. The van der Waals surface area contributed by atoms with E-state index in [1.54, 1.807) is 11.0 Å². The molecule has 3 rings (SSSR count). The zero-order valence-electron chi connectivity index (χ0n) is 14.2. The number of aliphatic carboxylic acids is 1. The van der Waals surface area contributed by atoms with Gasteiger partial charge in [0.1, 0.15) is 6.04 Å².